The van der Waals surface area contributed by atoms with Gasteiger partial charge in [-0.1, -0.05) is 13.0 Å². The molecule has 0 aromatic carbocycles. The Bertz CT molecular complexity index is 494. The molecule has 3 heterocycles. The summed E-state index contributed by atoms with van der Waals surface area (Å²) in [5.41, 5.74) is 0. The van der Waals surface area contributed by atoms with Gasteiger partial charge in [-0.05, 0) is 43.2 Å². The second-order valence-electron chi connectivity index (χ2n) is 6.73. The highest BCUT2D eigenvalue weighted by molar-refractivity contribution is 7.09. The van der Waals surface area contributed by atoms with E-state index in [1.165, 1.54) is 24.3 Å². The van der Waals surface area contributed by atoms with Crippen molar-refractivity contribution < 1.29 is 9.53 Å². The van der Waals surface area contributed by atoms with Crippen LogP contribution in [0.2, 0.25) is 0 Å². The Morgan fingerprint density at radius 1 is 1.52 bits per heavy atom. The van der Waals surface area contributed by atoms with Gasteiger partial charge in [0.25, 0.3) is 0 Å². The number of morpholine rings is 1. The van der Waals surface area contributed by atoms with E-state index in [1.807, 2.05) is 0 Å². The first-order valence-corrected chi connectivity index (χ1v) is 9.48. The van der Waals surface area contributed by atoms with E-state index in [0.29, 0.717) is 25.0 Å². The first kappa shape index (κ1) is 16.7. The Morgan fingerprint density at radius 2 is 2.43 bits per heavy atom. The summed E-state index contributed by atoms with van der Waals surface area (Å²) >= 11 is 1.77. The van der Waals surface area contributed by atoms with Crippen molar-refractivity contribution in [3.05, 3.63) is 22.4 Å². The third-order valence-corrected chi connectivity index (χ3v) is 5.59. The SMILES string of the molecule is CC(CNC(=O)NCC1CN2CCCC2CO1)Cc1cccs1. The lowest BCUT2D eigenvalue weighted by molar-refractivity contribution is -0.0457. The van der Waals surface area contributed by atoms with E-state index in [9.17, 15) is 4.79 Å². The van der Waals surface area contributed by atoms with Gasteiger partial charge in [0.05, 0.1) is 12.7 Å². The highest BCUT2D eigenvalue weighted by atomic mass is 32.1. The molecule has 0 aliphatic carbocycles. The molecule has 2 aliphatic heterocycles. The van der Waals surface area contributed by atoms with Gasteiger partial charge < -0.3 is 15.4 Å². The van der Waals surface area contributed by atoms with Crippen LogP contribution in [0.5, 0.6) is 0 Å². The third kappa shape index (κ3) is 4.93. The molecule has 2 aliphatic rings. The number of hydrogen-bond acceptors (Lipinski definition) is 4. The summed E-state index contributed by atoms with van der Waals surface area (Å²) < 4.78 is 5.86. The van der Waals surface area contributed by atoms with Crippen LogP contribution in [0.4, 0.5) is 4.79 Å². The molecule has 23 heavy (non-hydrogen) atoms. The Kier molecular flexibility index (Phi) is 5.91. The Balaban J connectivity index is 1.30. The van der Waals surface area contributed by atoms with Crippen LogP contribution in [-0.4, -0.2) is 55.9 Å². The summed E-state index contributed by atoms with van der Waals surface area (Å²) in [6, 6.07) is 4.74. The van der Waals surface area contributed by atoms with Crippen LogP contribution >= 0.6 is 11.3 Å². The number of thiophene rings is 1. The number of rotatable bonds is 6. The molecule has 2 fully saturated rings. The summed E-state index contributed by atoms with van der Waals surface area (Å²) in [5.74, 6) is 0.440. The van der Waals surface area contributed by atoms with Crippen LogP contribution in [0.15, 0.2) is 17.5 Å². The average Bonchev–Trinajstić information content (AvgIpc) is 3.21. The van der Waals surface area contributed by atoms with Crippen LogP contribution in [0.3, 0.4) is 0 Å². The van der Waals surface area contributed by atoms with E-state index >= 15 is 0 Å². The van der Waals surface area contributed by atoms with Gasteiger partial charge in [-0.15, -0.1) is 11.3 Å². The molecule has 2 saturated heterocycles. The fourth-order valence-corrected chi connectivity index (χ4v) is 4.26. The maximum absolute atomic E-state index is 11.9. The van der Waals surface area contributed by atoms with Crippen LogP contribution < -0.4 is 10.6 Å². The number of amides is 2. The minimum Gasteiger partial charge on any atom is -0.373 e. The number of carbonyl (C=O) groups is 1. The number of nitrogens with zero attached hydrogens (tertiary/aromatic N) is 1. The monoisotopic (exact) mass is 337 g/mol. The van der Waals surface area contributed by atoms with E-state index in [2.05, 4.69) is 40.0 Å². The topological polar surface area (TPSA) is 53.6 Å². The summed E-state index contributed by atoms with van der Waals surface area (Å²) in [6.45, 7) is 6.39. The van der Waals surface area contributed by atoms with Gasteiger partial charge in [0, 0.05) is 30.6 Å². The fourth-order valence-electron chi connectivity index (χ4n) is 3.39. The van der Waals surface area contributed by atoms with Gasteiger partial charge in [0.15, 0.2) is 0 Å². The predicted molar refractivity (Wildman–Crippen MR) is 92.9 cm³/mol. The van der Waals surface area contributed by atoms with Gasteiger partial charge in [-0.25, -0.2) is 4.79 Å². The van der Waals surface area contributed by atoms with Gasteiger partial charge in [0.1, 0.15) is 0 Å². The zero-order chi connectivity index (χ0) is 16.1. The van der Waals surface area contributed by atoms with E-state index in [4.69, 9.17) is 4.74 Å². The van der Waals surface area contributed by atoms with Gasteiger partial charge in [-0.2, -0.15) is 0 Å². The lowest BCUT2D eigenvalue weighted by atomic mass is 10.1. The van der Waals surface area contributed by atoms with Crippen molar-refractivity contribution in [3.63, 3.8) is 0 Å². The van der Waals surface area contributed by atoms with Crippen molar-refractivity contribution >= 4 is 17.4 Å². The van der Waals surface area contributed by atoms with Crippen LogP contribution in [0.25, 0.3) is 0 Å². The molecule has 3 atom stereocenters. The van der Waals surface area contributed by atoms with Gasteiger partial charge >= 0.3 is 6.03 Å². The van der Waals surface area contributed by atoms with Crippen molar-refractivity contribution in [2.75, 3.05) is 32.8 Å². The molecule has 3 rings (SSSR count). The molecule has 1 aromatic rings. The molecular weight excluding hydrogens is 310 g/mol. The zero-order valence-corrected chi connectivity index (χ0v) is 14.6. The molecule has 3 unspecified atom stereocenters. The Morgan fingerprint density at radius 3 is 3.26 bits per heavy atom. The molecule has 0 spiro atoms. The fraction of sp³-hybridized carbons (Fsp3) is 0.706. The quantitative estimate of drug-likeness (QED) is 0.836. The highest BCUT2D eigenvalue weighted by Crippen LogP contribution is 2.22. The second kappa shape index (κ2) is 8.13. The molecule has 2 N–H and O–H groups in total. The summed E-state index contributed by atoms with van der Waals surface area (Å²) in [5, 5.41) is 8.01. The smallest absolute Gasteiger partial charge is 0.314 e. The number of ether oxygens (including phenoxy) is 1. The second-order valence-corrected chi connectivity index (χ2v) is 7.76. The van der Waals surface area contributed by atoms with Gasteiger partial charge in [-0.3, -0.25) is 4.90 Å². The molecule has 0 radical (unpaired) electrons. The highest BCUT2D eigenvalue weighted by Gasteiger charge is 2.32. The Hall–Kier alpha value is -1.11. The van der Waals surface area contributed by atoms with Crippen LogP contribution in [-0.2, 0) is 11.2 Å². The molecule has 2 amide bonds. The number of hydrogen-bond donors (Lipinski definition) is 2. The molecule has 5 nitrogen and oxygen atoms in total. The summed E-state index contributed by atoms with van der Waals surface area (Å²) in [4.78, 5) is 15.8. The zero-order valence-electron chi connectivity index (χ0n) is 13.8. The number of urea groups is 1. The van der Waals surface area contributed by atoms with Crippen molar-refractivity contribution in [2.45, 2.75) is 38.3 Å². The molecule has 128 valence electrons. The van der Waals surface area contributed by atoms with Crippen molar-refractivity contribution in [1.82, 2.24) is 15.5 Å². The largest absolute Gasteiger partial charge is 0.373 e. The van der Waals surface area contributed by atoms with Crippen molar-refractivity contribution in [2.24, 2.45) is 5.92 Å². The standard InChI is InChI=1S/C17H27N3O2S/c1-13(8-16-5-3-7-23-16)9-18-17(21)19-10-15-11-20-6-2-4-14(20)12-22-15/h3,5,7,13-15H,2,4,6,8-12H2,1H3,(H2,18,19,21). The summed E-state index contributed by atoms with van der Waals surface area (Å²) in [7, 11) is 0. The van der Waals surface area contributed by atoms with E-state index in [1.54, 1.807) is 11.3 Å². The molecule has 0 saturated carbocycles. The van der Waals surface area contributed by atoms with Crippen LogP contribution in [0.1, 0.15) is 24.6 Å². The lowest BCUT2D eigenvalue weighted by Crippen LogP contribution is -2.51. The number of fused-ring (bicyclic) bond motifs is 1. The molecular formula is C17H27N3O2S. The predicted octanol–water partition coefficient (Wildman–Crippen LogP) is 2.09. The normalized spacial score (nSPS) is 25.8. The Labute approximate surface area is 142 Å². The summed E-state index contributed by atoms with van der Waals surface area (Å²) in [6.07, 6.45) is 3.66. The molecule has 1 aromatic heterocycles. The maximum atomic E-state index is 11.9. The van der Waals surface area contributed by atoms with E-state index < -0.39 is 0 Å². The van der Waals surface area contributed by atoms with Crippen molar-refractivity contribution in [1.29, 1.82) is 0 Å². The molecule has 0 bridgehead atoms. The van der Waals surface area contributed by atoms with Crippen molar-refractivity contribution in [3.8, 4) is 0 Å². The third-order valence-electron chi connectivity index (χ3n) is 4.69. The number of nitrogens with one attached hydrogen (secondary N) is 2. The van der Waals surface area contributed by atoms with Crippen LogP contribution in [0, 0.1) is 5.92 Å². The average molecular weight is 337 g/mol. The van der Waals surface area contributed by atoms with Gasteiger partial charge in [0.2, 0.25) is 0 Å². The first-order valence-electron chi connectivity index (χ1n) is 8.60. The van der Waals surface area contributed by atoms with E-state index in [0.717, 1.165) is 19.6 Å². The minimum absolute atomic E-state index is 0.0878. The maximum Gasteiger partial charge on any atom is 0.314 e. The first-order chi connectivity index (χ1) is 11.2. The van der Waals surface area contributed by atoms with E-state index in [-0.39, 0.29) is 12.1 Å². The lowest BCUT2D eigenvalue weighted by Gasteiger charge is -2.35. The molecule has 6 heteroatoms. The minimum atomic E-state index is -0.0878. The number of carbonyl (C=O) groups excluding carboxylic acids is 1.